The van der Waals surface area contributed by atoms with Crippen molar-refractivity contribution in [1.82, 2.24) is 24.5 Å². The van der Waals surface area contributed by atoms with Crippen molar-refractivity contribution < 1.29 is 17.6 Å². The predicted octanol–water partition coefficient (Wildman–Crippen LogP) is 7.48. The first-order chi connectivity index (χ1) is 18.1. The van der Waals surface area contributed by atoms with Crippen LogP contribution in [0.4, 0.5) is 19.0 Å². The van der Waals surface area contributed by atoms with Crippen LogP contribution < -0.4 is 5.32 Å². The van der Waals surface area contributed by atoms with Crippen LogP contribution in [0.15, 0.2) is 65.5 Å². The number of anilines is 1. The van der Waals surface area contributed by atoms with E-state index in [1.807, 2.05) is 44.2 Å². The molecule has 0 fully saturated rings. The highest BCUT2D eigenvalue weighted by molar-refractivity contribution is 5.83. The Labute approximate surface area is 217 Å². The molecule has 0 aliphatic rings. The Morgan fingerprint density at radius 3 is 2.37 bits per heavy atom. The number of nitrogens with one attached hydrogen (secondary N) is 1. The molecule has 0 saturated carbocycles. The lowest BCUT2D eigenvalue weighted by Gasteiger charge is -2.13. The summed E-state index contributed by atoms with van der Waals surface area (Å²) in [6.45, 7) is 8.29. The van der Waals surface area contributed by atoms with Crippen molar-refractivity contribution in [3.8, 4) is 22.8 Å². The first-order valence-corrected chi connectivity index (χ1v) is 12.3. The smallest absolute Gasteiger partial charge is 0.425 e. The number of alkyl halides is 3. The van der Waals surface area contributed by atoms with E-state index in [1.54, 1.807) is 12.1 Å². The van der Waals surface area contributed by atoms with E-state index in [1.165, 1.54) is 11.0 Å². The maximum Gasteiger partial charge on any atom is 0.434 e. The van der Waals surface area contributed by atoms with Crippen molar-refractivity contribution >= 4 is 17.0 Å². The Hall–Kier alpha value is -4.21. The number of nitrogens with zero attached hydrogens (tertiary/aromatic N) is 5. The number of halogens is 3. The summed E-state index contributed by atoms with van der Waals surface area (Å²) in [4.78, 5) is 17.5. The van der Waals surface area contributed by atoms with Crippen molar-refractivity contribution in [2.45, 2.75) is 52.4 Å². The lowest BCUT2D eigenvalue weighted by atomic mass is 9.97. The number of aromatic nitrogens is 5. The van der Waals surface area contributed by atoms with Crippen LogP contribution in [0.25, 0.3) is 34.0 Å². The van der Waals surface area contributed by atoms with Gasteiger partial charge in [-0.3, -0.25) is 0 Å². The highest BCUT2D eigenvalue weighted by Gasteiger charge is 2.35. The summed E-state index contributed by atoms with van der Waals surface area (Å²) in [5.74, 6) is 1.64. The second-order valence-electron chi connectivity index (χ2n) is 9.64. The number of oxazole rings is 1. The lowest BCUT2D eigenvalue weighted by Crippen LogP contribution is -2.05. The minimum Gasteiger partial charge on any atom is -0.425 e. The molecule has 1 N–H and O–H groups in total. The Bertz CT molecular complexity index is 1570. The molecule has 10 heteroatoms. The normalized spacial score (nSPS) is 12.1. The van der Waals surface area contributed by atoms with Gasteiger partial charge in [0, 0.05) is 29.9 Å². The fourth-order valence-corrected chi connectivity index (χ4v) is 4.30. The standard InChI is InChI=1S/C28H27F3N6O/c1-16(2)20-7-5-6-8-21(20)24-35-25(23-27(36-24)38-15-33-23)32-13-18-9-11-19(12-10-18)26-34-22(28(29,30)31)14-37(26)17(3)4/h5-12,14-17H,13H2,1-4H3,(H,32,35,36). The van der Waals surface area contributed by atoms with E-state index in [-0.39, 0.29) is 17.8 Å². The van der Waals surface area contributed by atoms with Crippen LogP contribution in [0, 0.1) is 0 Å². The minimum absolute atomic E-state index is 0.174. The van der Waals surface area contributed by atoms with Gasteiger partial charge >= 0.3 is 6.18 Å². The summed E-state index contributed by atoms with van der Waals surface area (Å²) >= 11 is 0. The van der Waals surface area contributed by atoms with Crippen LogP contribution >= 0.6 is 0 Å². The van der Waals surface area contributed by atoms with Crippen molar-refractivity contribution in [3.05, 3.63) is 77.9 Å². The van der Waals surface area contributed by atoms with Crippen LogP contribution in [-0.2, 0) is 12.7 Å². The summed E-state index contributed by atoms with van der Waals surface area (Å²) in [6.07, 6.45) is -2.11. The topological polar surface area (TPSA) is 81.7 Å². The molecule has 0 saturated heterocycles. The van der Waals surface area contributed by atoms with Crippen molar-refractivity contribution in [3.63, 3.8) is 0 Å². The first-order valence-electron chi connectivity index (χ1n) is 12.3. The quantitative estimate of drug-likeness (QED) is 0.240. The fourth-order valence-electron chi connectivity index (χ4n) is 4.30. The van der Waals surface area contributed by atoms with E-state index < -0.39 is 11.9 Å². The average molecular weight is 521 g/mol. The monoisotopic (exact) mass is 520 g/mol. The molecule has 0 atom stereocenters. The number of hydrogen-bond acceptors (Lipinski definition) is 6. The fraction of sp³-hybridized carbons (Fsp3) is 0.286. The third kappa shape index (κ3) is 4.98. The van der Waals surface area contributed by atoms with Crippen molar-refractivity contribution in [1.29, 1.82) is 0 Å². The van der Waals surface area contributed by atoms with Gasteiger partial charge < -0.3 is 14.3 Å². The third-order valence-corrected chi connectivity index (χ3v) is 6.27. The second-order valence-corrected chi connectivity index (χ2v) is 9.64. The third-order valence-electron chi connectivity index (χ3n) is 6.27. The summed E-state index contributed by atoms with van der Waals surface area (Å²) in [5, 5.41) is 3.32. The largest absolute Gasteiger partial charge is 0.434 e. The molecular weight excluding hydrogens is 493 g/mol. The minimum atomic E-state index is -4.50. The van der Waals surface area contributed by atoms with Crippen LogP contribution in [0.1, 0.15) is 56.5 Å². The van der Waals surface area contributed by atoms with Gasteiger partial charge in [0.2, 0.25) is 0 Å². The van der Waals surface area contributed by atoms with Crippen molar-refractivity contribution in [2.24, 2.45) is 0 Å². The van der Waals surface area contributed by atoms with Gasteiger partial charge in [-0.15, -0.1) is 0 Å². The zero-order valence-corrected chi connectivity index (χ0v) is 21.4. The molecule has 3 aromatic heterocycles. The molecule has 2 aromatic carbocycles. The van der Waals surface area contributed by atoms with Gasteiger partial charge in [0.05, 0.1) is 0 Å². The average Bonchev–Trinajstić information content (AvgIpc) is 3.55. The van der Waals surface area contributed by atoms with Crippen molar-refractivity contribution in [2.75, 3.05) is 5.32 Å². The summed E-state index contributed by atoms with van der Waals surface area (Å²) in [7, 11) is 0. The Balaban J connectivity index is 1.41. The summed E-state index contributed by atoms with van der Waals surface area (Å²) < 4.78 is 46.8. The van der Waals surface area contributed by atoms with Gasteiger partial charge in [0.15, 0.2) is 29.2 Å². The zero-order chi connectivity index (χ0) is 27.0. The molecule has 3 heterocycles. The molecule has 0 aliphatic heterocycles. The SMILES string of the molecule is CC(C)c1ccccc1-c1nc(NCc2ccc(-c3nc(C(F)(F)F)cn3C(C)C)cc2)c2ncoc2n1. The van der Waals surface area contributed by atoms with Gasteiger partial charge in [0.25, 0.3) is 5.71 Å². The molecule has 0 amide bonds. The van der Waals surface area contributed by atoms with Gasteiger partial charge in [0.1, 0.15) is 5.82 Å². The maximum atomic E-state index is 13.3. The number of imidazole rings is 1. The van der Waals surface area contributed by atoms with Crippen LogP contribution in [-0.4, -0.2) is 24.5 Å². The zero-order valence-electron chi connectivity index (χ0n) is 21.4. The number of hydrogen-bond donors (Lipinski definition) is 1. The van der Waals surface area contributed by atoms with Crippen LogP contribution in [0.2, 0.25) is 0 Å². The molecule has 0 spiro atoms. The molecule has 196 valence electrons. The molecule has 7 nitrogen and oxygen atoms in total. The van der Waals surface area contributed by atoms with E-state index in [0.717, 1.165) is 22.9 Å². The Morgan fingerprint density at radius 2 is 1.68 bits per heavy atom. The number of benzene rings is 2. The predicted molar refractivity (Wildman–Crippen MR) is 140 cm³/mol. The van der Waals surface area contributed by atoms with E-state index in [9.17, 15) is 13.2 Å². The van der Waals surface area contributed by atoms with Gasteiger partial charge in [-0.1, -0.05) is 62.4 Å². The van der Waals surface area contributed by atoms with Crippen LogP contribution in [0.5, 0.6) is 0 Å². The molecule has 0 bridgehead atoms. The molecule has 0 aliphatic carbocycles. The highest BCUT2D eigenvalue weighted by Crippen LogP contribution is 2.33. The Kier molecular flexibility index (Phi) is 6.64. The van der Waals surface area contributed by atoms with Gasteiger partial charge in [-0.25, -0.2) is 15.0 Å². The summed E-state index contributed by atoms with van der Waals surface area (Å²) in [6, 6.07) is 15.1. The first kappa shape index (κ1) is 25.4. The van der Waals surface area contributed by atoms with E-state index in [0.29, 0.717) is 35.0 Å². The van der Waals surface area contributed by atoms with Crippen LogP contribution in [0.3, 0.4) is 0 Å². The highest BCUT2D eigenvalue weighted by atomic mass is 19.4. The molecule has 5 rings (SSSR count). The molecule has 5 aromatic rings. The molecule has 0 radical (unpaired) electrons. The number of fused-ring (bicyclic) bond motifs is 1. The molecular formula is C28H27F3N6O. The van der Waals surface area contributed by atoms with E-state index in [4.69, 9.17) is 9.40 Å². The maximum absolute atomic E-state index is 13.3. The summed E-state index contributed by atoms with van der Waals surface area (Å²) in [5.41, 5.74) is 3.56. The molecule has 38 heavy (non-hydrogen) atoms. The van der Waals surface area contributed by atoms with Gasteiger partial charge in [-0.05, 0) is 30.9 Å². The van der Waals surface area contributed by atoms with Gasteiger partial charge in [-0.2, -0.15) is 18.2 Å². The Morgan fingerprint density at radius 1 is 0.947 bits per heavy atom. The van der Waals surface area contributed by atoms with E-state index in [2.05, 4.69) is 40.2 Å². The molecule has 0 unspecified atom stereocenters. The lowest BCUT2D eigenvalue weighted by molar-refractivity contribution is -0.140. The second kappa shape index (κ2) is 9.92. The van der Waals surface area contributed by atoms with E-state index >= 15 is 0 Å². The number of rotatable bonds is 7.